The van der Waals surface area contributed by atoms with Crippen LogP contribution in [0.4, 0.5) is 0 Å². The van der Waals surface area contributed by atoms with E-state index in [2.05, 4.69) is 0 Å². The van der Waals surface area contributed by atoms with E-state index in [9.17, 15) is 4.79 Å². The lowest BCUT2D eigenvalue weighted by Crippen LogP contribution is -2.22. The Labute approximate surface area is 155 Å². The lowest BCUT2D eigenvalue weighted by molar-refractivity contribution is 0.296. The largest absolute Gasteiger partial charge is 0.492 e. The Morgan fingerprint density at radius 3 is 2.24 bits per heavy atom. The highest BCUT2D eigenvalue weighted by molar-refractivity contribution is 6.34. The Kier molecular flexibility index (Phi) is 5.64. The summed E-state index contributed by atoms with van der Waals surface area (Å²) in [4.78, 5) is 11.9. The first-order valence-corrected chi connectivity index (χ1v) is 8.39. The molecule has 4 nitrogen and oxygen atoms in total. The SMILES string of the molecule is O=c1c(Cl)cc(Cl)cn1CCOc1ccc(Oc2ccccc2)cc1. The fourth-order valence-corrected chi connectivity index (χ4v) is 2.73. The van der Waals surface area contributed by atoms with Crippen molar-refractivity contribution in [1.82, 2.24) is 4.57 Å². The van der Waals surface area contributed by atoms with Crippen LogP contribution in [0.3, 0.4) is 0 Å². The number of benzene rings is 2. The van der Waals surface area contributed by atoms with E-state index >= 15 is 0 Å². The maximum atomic E-state index is 11.9. The summed E-state index contributed by atoms with van der Waals surface area (Å²) < 4.78 is 12.8. The number of hydrogen-bond acceptors (Lipinski definition) is 3. The van der Waals surface area contributed by atoms with Crippen LogP contribution in [0, 0.1) is 0 Å². The van der Waals surface area contributed by atoms with E-state index in [0.717, 1.165) is 11.5 Å². The van der Waals surface area contributed by atoms with Crippen LogP contribution in [-0.4, -0.2) is 11.2 Å². The van der Waals surface area contributed by atoms with Crippen molar-refractivity contribution < 1.29 is 9.47 Å². The molecule has 0 radical (unpaired) electrons. The zero-order chi connectivity index (χ0) is 17.6. The third-order valence-corrected chi connectivity index (χ3v) is 3.89. The van der Waals surface area contributed by atoms with Gasteiger partial charge in [0, 0.05) is 6.20 Å². The molecule has 25 heavy (non-hydrogen) atoms. The van der Waals surface area contributed by atoms with Crippen molar-refractivity contribution in [2.24, 2.45) is 0 Å². The van der Waals surface area contributed by atoms with Crippen LogP contribution in [-0.2, 0) is 6.54 Å². The second kappa shape index (κ2) is 8.10. The zero-order valence-electron chi connectivity index (χ0n) is 13.2. The number of halogens is 2. The van der Waals surface area contributed by atoms with Gasteiger partial charge in [0.1, 0.15) is 28.9 Å². The summed E-state index contributed by atoms with van der Waals surface area (Å²) >= 11 is 11.7. The van der Waals surface area contributed by atoms with E-state index < -0.39 is 0 Å². The molecule has 0 fully saturated rings. The fraction of sp³-hybridized carbons (Fsp3) is 0.105. The van der Waals surface area contributed by atoms with Crippen LogP contribution in [0.2, 0.25) is 10.0 Å². The van der Waals surface area contributed by atoms with Gasteiger partial charge in [0.25, 0.3) is 5.56 Å². The molecule has 0 unspecified atom stereocenters. The van der Waals surface area contributed by atoms with E-state index in [1.54, 1.807) is 0 Å². The monoisotopic (exact) mass is 375 g/mol. The molecule has 3 rings (SSSR count). The number of aromatic nitrogens is 1. The molecule has 0 saturated carbocycles. The Bertz CT molecular complexity index is 893. The molecule has 1 aromatic heterocycles. The van der Waals surface area contributed by atoms with Gasteiger partial charge in [-0.25, -0.2) is 0 Å². The van der Waals surface area contributed by atoms with Crippen molar-refractivity contribution in [2.45, 2.75) is 6.54 Å². The number of para-hydroxylation sites is 1. The molecule has 1 heterocycles. The highest BCUT2D eigenvalue weighted by Crippen LogP contribution is 2.23. The molecule has 0 aliphatic carbocycles. The summed E-state index contributed by atoms with van der Waals surface area (Å²) in [6.07, 6.45) is 1.54. The number of hydrogen-bond donors (Lipinski definition) is 0. The summed E-state index contributed by atoms with van der Waals surface area (Å²) in [6.45, 7) is 0.664. The maximum absolute atomic E-state index is 11.9. The van der Waals surface area contributed by atoms with E-state index in [1.165, 1.54) is 16.8 Å². The minimum Gasteiger partial charge on any atom is -0.492 e. The molecule has 2 aromatic carbocycles. The summed E-state index contributed by atoms with van der Waals surface area (Å²) in [5, 5.41) is 0.502. The van der Waals surface area contributed by atoms with Crippen molar-refractivity contribution in [3.63, 3.8) is 0 Å². The standard InChI is InChI=1S/C19H15Cl2NO3/c20-14-12-18(21)19(23)22(13-14)10-11-24-15-6-8-17(9-7-15)25-16-4-2-1-3-5-16/h1-9,12-13H,10-11H2. The van der Waals surface area contributed by atoms with Gasteiger partial charge in [-0.2, -0.15) is 0 Å². The zero-order valence-corrected chi connectivity index (χ0v) is 14.7. The Balaban J connectivity index is 1.56. The quantitative estimate of drug-likeness (QED) is 0.606. The van der Waals surface area contributed by atoms with Crippen LogP contribution in [0.25, 0.3) is 0 Å². The summed E-state index contributed by atoms with van der Waals surface area (Å²) in [5.41, 5.74) is -0.290. The van der Waals surface area contributed by atoms with Crippen molar-refractivity contribution in [3.05, 3.63) is 87.3 Å². The van der Waals surface area contributed by atoms with Gasteiger partial charge in [0.05, 0.1) is 11.6 Å². The molecule has 0 aliphatic heterocycles. The molecule has 128 valence electrons. The molecular formula is C19H15Cl2NO3. The van der Waals surface area contributed by atoms with Crippen LogP contribution in [0.5, 0.6) is 17.2 Å². The van der Waals surface area contributed by atoms with Crippen LogP contribution in [0.1, 0.15) is 0 Å². The van der Waals surface area contributed by atoms with E-state index in [1.807, 2.05) is 54.6 Å². The minimum absolute atomic E-state index is 0.0925. The van der Waals surface area contributed by atoms with Gasteiger partial charge >= 0.3 is 0 Å². The van der Waals surface area contributed by atoms with E-state index in [0.29, 0.717) is 23.9 Å². The topological polar surface area (TPSA) is 40.5 Å². The van der Waals surface area contributed by atoms with E-state index in [4.69, 9.17) is 32.7 Å². The minimum atomic E-state index is -0.290. The molecule has 6 heteroatoms. The van der Waals surface area contributed by atoms with Gasteiger partial charge in [-0.3, -0.25) is 4.79 Å². The molecule has 3 aromatic rings. The van der Waals surface area contributed by atoms with Crippen molar-refractivity contribution in [1.29, 1.82) is 0 Å². The number of nitrogens with zero attached hydrogens (tertiary/aromatic N) is 1. The first-order valence-electron chi connectivity index (χ1n) is 7.63. The van der Waals surface area contributed by atoms with Gasteiger partial charge < -0.3 is 14.0 Å². The van der Waals surface area contributed by atoms with Crippen molar-refractivity contribution in [2.75, 3.05) is 6.61 Å². The first-order chi connectivity index (χ1) is 12.1. The second-order valence-electron chi connectivity index (χ2n) is 5.24. The Hall–Kier alpha value is -2.43. The van der Waals surface area contributed by atoms with Gasteiger partial charge in [-0.05, 0) is 42.5 Å². The van der Waals surface area contributed by atoms with Crippen molar-refractivity contribution in [3.8, 4) is 17.2 Å². The maximum Gasteiger partial charge on any atom is 0.269 e. The molecule has 0 amide bonds. The normalized spacial score (nSPS) is 10.5. The fourth-order valence-electron chi connectivity index (χ4n) is 2.22. The van der Waals surface area contributed by atoms with Crippen molar-refractivity contribution >= 4 is 23.2 Å². The van der Waals surface area contributed by atoms with Gasteiger partial charge in [-0.1, -0.05) is 41.4 Å². The van der Waals surface area contributed by atoms with Gasteiger partial charge in [0.2, 0.25) is 0 Å². The first kappa shape index (κ1) is 17.4. The summed E-state index contributed by atoms with van der Waals surface area (Å²) in [6, 6.07) is 18.2. The smallest absolute Gasteiger partial charge is 0.269 e. The second-order valence-corrected chi connectivity index (χ2v) is 6.08. The highest BCUT2D eigenvalue weighted by atomic mass is 35.5. The predicted octanol–water partition coefficient (Wildman–Crippen LogP) is 5.03. The average Bonchev–Trinajstić information content (AvgIpc) is 2.61. The highest BCUT2D eigenvalue weighted by Gasteiger charge is 2.04. The summed E-state index contributed by atoms with van der Waals surface area (Å²) in [5.74, 6) is 2.17. The molecule has 0 atom stereocenters. The lowest BCUT2D eigenvalue weighted by atomic mass is 10.3. The van der Waals surface area contributed by atoms with Crippen LogP contribution >= 0.6 is 23.2 Å². The molecule has 0 saturated heterocycles. The molecule has 0 N–H and O–H groups in total. The molecular weight excluding hydrogens is 361 g/mol. The number of rotatable bonds is 6. The lowest BCUT2D eigenvalue weighted by Gasteiger charge is -2.10. The van der Waals surface area contributed by atoms with Crippen LogP contribution < -0.4 is 15.0 Å². The number of pyridine rings is 1. The summed E-state index contributed by atoms with van der Waals surface area (Å²) in [7, 11) is 0. The van der Waals surface area contributed by atoms with Crippen LogP contribution in [0.15, 0.2) is 71.7 Å². The molecule has 0 spiro atoms. The average molecular weight is 376 g/mol. The number of ether oxygens (including phenoxy) is 2. The Morgan fingerprint density at radius 2 is 1.52 bits per heavy atom. The third-order valence-electron chi connectivity index (χ3n) is 3.41. The predicted molar refractivity (Wildman–Crippen MR) is 99.2 cm³/mol. The van der Waals surface area contributed by atoms with Gasteiger partial charge in [0.15, 0.2) is 0 Å². The molecule has 0 bridgehead atoms. The van der Waals surface area contributed by atoms with E-state index in [-0.39, 0.29) is 10.6 Å². The Morgan fingerprint density at radius 1 is 0.880 bits per heavy atom. The third kappa shape index (κ3) is 4.78. The van der Waals surface area contributed by atoms with Gasteiger partial charge in [-0.15, -0.1) is 0 Å². The molecule has 0 aliphatic rings.